The van der Waals surface area contributed by atoms with E-state index in [0.717, 1.165) is 16.0 Å². The molecule has 0 aliphatic heterocycles. The van der Waals surface area contributed by atoms with Crippen molar-refractivity contribution < 1.29 is 4.79 Å². The number of nitrogens with one attached hydrogen (secondary N) is 2. The smallest absolute Gasteiger partial charge is 0.256 e. The fourth-order valence-corrected chi connectivity index (χ4v) is 2.52. The van der Waals surface area contributed by atoms with Crippen LogP contribution in [0.5, 0.6) is 0 Å². The van der Waals surface area contributed by atoms with Crippen molar-refractivity contribution in [2.75, 3.05) is 10.6 Å². The fourth-order valence-electron chi connectivity index (χ4n) is 2.05. The van der Waals surface area contributed by atoms with Crippen molar-refractivity contribution in [1.82, 2.24) is 4.98 Å². The number of hydrogen-bond donors (Lipinski definition) is 2. The number of nitrogens with zero attached hydrogens (tertiary/aromatic N) is 1. The van der Waals surface area contributed by atoms with Gasteiger partial charge in [0.1, 0.15) is 5.82 Å². The maximum Gasteiger partial charge on any atom is 0.256 e. The molecule has 4 nitrogen and oxygen atoms in total. The first-order valence-corrected chi connectivity index (χ1v) is 7.86. The van der Waals surface area contributed by atoms with Gasteiger partial charge in [-0.1, -0.05) is 30.3 Å². The lowest BCUT2D eigenvalue weighted by atomic mass is 10.2. The van der Waals surface area contributed by atoms with Crippen LogP contribution in [0.3, 0.4) is 0 Å². The molecule has 0 aliphatic rings. The highest BCUT2D eigenvalue weighted by molar-refractivity contribution is 9.10. The number of anilines is 3. The van der Waals surface area contributed by atoms with Gasteiger partial charge in [0.15, 0.2) is 0 Å². The first-order valence-electron chi connectivity index (χ1n) is 7.06. The number of aromatic nitrogens is 1. The van der Waals surface area contributed by atoms with Crippen molar-refractivity contribution >= 4 is 39.0 Å². The highest BCUT2D eigenvalue weighted by Crippen LogP contribution is 2.19. The summed E-state index contributed by atoms with van der Waals surface area (Å²) in [5.74, 6) is 0.540. The van der Waals surface area contributed by atoms with Gasteiger partial charge in [-0.15, -0.1) is 0 Å². The van der Waals surface area contributed by atoms with Crippen LogP contribution in [0.4, 0.5) is 17.2 Å². The molecule has 0 radical (unpaired) electrons. The van der Waals surface area contributed by atoms with Crippen molar-refractivity contribution in [1.29, 1.82) is 0 Å². The number of amides is 1. The van der Waals surface area contributed by atoms with E-state index in [1.54, 1.807) is 12.3 Å². The number of carbonyl (C=O) groups excluding carboxylic acids is 1. The molecule has 23 heavy (non-hydrogen) atoms. The summed E-state index contributed by atoms with van der Waals surface area (Å²) in [6.45, 7) is 0. The third-order valence-electron chi connectivity index (χ3n) is 3.19. The molecule has 0 saturated carbocycles. The standard InChI is InChI=1S/C18H14BrN3O/c19-16-9-5-4-8-15(16)18(23)22-14-10-11-17(20-12-14)21-13-6-2-1-3-7-13/h1-12H,(H,20,21)(H,22,23). The van der Waals surface area contributed by atoms with E-state index in [-0.39, 0.29) is 5.91 Å². The van der Waals surface area contributed by atoms with E-state index >= 15 is 0 Å². The molecule has 2 aromatic carbocycles. The maximum atomic E-state index is 12.2. The molecule has 3 rings (SSSR count). The molecule has 3 aromatic rings. The Morgan fingerprint density at radius 1 is 0.870 bits per heavy atom. The summed E-state index contributed by atoms with van der Waals surface area (Å²) in [6, 6.07) is 20.7. The van der Waals surface area contributed by atoms with E-state index in [2.05, 4.69) is 31.5 Å². The van der Waals surface area contributed by atoms with Crippen LogP contribution in [-0.2, 0) is 0 Å². The van der Waals surface area contributed by atoms with Crippen LogP contribution < -0.4 is 10.6 Å². The summed E-state index contributed by atoms with van der Waals surface area (Å²) in [7, 11) is 0. The van der Waals surface area contributed by atoms with Gasteiger partial charge >= 0.3 is 0 Å². The van der Waals surface area contributed by atoms with Gasteiger partial charge in [-0.25, -0.2) is 4.98 Å². The molecule has 5 heteroatoms. The van der Waals surface area contributed by atoms with Crippen LogP contribution in [0, 0.1) is 0 Å². The summed E-state index contributed by atoms with van der Waals surface area (Å²) in [6.07, 6.45) is 1.63. The SMILES string of the molecule is O=C(Nc1ccc(Nc2ccccc2)nc1)c1ccccc1Br. The minimum Gasteiger partial charge on any atom is -0.340 e. The van der Waals surface area contributed by atoms with Crippen LogP contribution >= 0.6 is 15.9 Å². The Morgan fingerprint density at radius 2 is 1.61 bits per heavy atom. The minimum absolute atomic E-state index is 0.178. The first-order chi connectivity index (χ1) is 11.2. The molecular weight excluding hydrogens is 354 g/mol. The summed E-state index contributed by atoms with van der Waals surface area (Å²) in [5.41, 5.74) is 2.19. The molecule has 0 bridgehead atoms. The monoisotopic (exact) mass is 367 g/mol. The number of halogens is 1. The van der Waals surface area contributed by atoms with Gasteiger partial charge in [0.25, 0.3) is 5.91 Å². The molecule has 1 amide bonds. The molecule has 0 fully saturated rings. The number of hydrogen-bond acceptors (Lipinski definition) is 3. The van der Waals surface area contributed by atoms with Crippen molar-refractivity contribution in [3.8, 4) is 0 Å². The quantitative estimate of drug-likeness (QED) is 0.693. The maximum absolute atomic E-state index is 12.2. The Morgan fingerprint density at radius 3 is 2.30 bits per heavy atom. The second kappa shape index (κ2) is 7.07. The Hall–Kier alpha value is -2.66. The molecule has 1 heterocycles. The molecule has 0 atom stereocenters. The Balaban J connectivity index is 1.68. The fraction of sp³-hybridized carbons (Fsp3) is 0. The van der Waals surface area contributed by atoms with Gasteiger partial charge < -0.3 is 10.6 Å². The third kappa shape index (κ3) is 3.96. The van der Waals surface area contributed by atoms with Gasteiger partial charge in [-0.05, 0) is 52.3 Å². The highest BCUT2D eigenvalue weighted by Gasteiger charge is 2.09. The zero-order valence-electron chi connectivity index (χ0n) is 12.2. The van der Waals surface area contributed by atoms with Crippen LogP contribution in [-0.4, -0.2) is 10.9 Å². The summed E-state index contributed by atoms with van der Waals surface area (Å²) >= 11 is 3.37. The largest absolute Gasteiger partial charge is 0.340 e. The number of pyridine rings is 1. The molecule has 2 N–H and O–H groups in total. The van der Waals surface area contributed by atoms with E-state index in [4.69, 9.17) is 0 Å². The Labute approximate surface area is 142 Å². The number of carbonyl (C=O) groups is 1. The average Bonchev–Trinajstić information content (AvgIpc) is 2.58. The lowest BCUT2D eigenvalue weighted by Crippen LogP contribution is -2.12. The van der Waals surface area contributed by atoms with Crippen molar-refractivity contribution in [2.45, 2.75) is 0 Å². The molecular formula is C18H14BrN3O. The Kier molecular flexibility index (Phi) is 4.68. The zero-order chi connectivity index (χ0) is 16.1. The van der Waals surface area contributed by atoms with E-state index in [0.29, 0.717) is 11.3 Å². The molecule has 1 aromatic heterocycles. The van der Waals surface area contributed by atoms with Crippen LogP contribution in [0.2, 0.25) is 0 Å². The normalized spacial score (nSPS) is 10.1. The number of rotatable bonds is 4. The van der Waals surface area contributed by atoms with E-state index in [1.807, 2.05) is 60.7 Å². The molecule has 0 unspecified atom stereocenters. The zero-order valence-corrected chi connectivity index (χ0v) is 13.7. The lowest BCUT2D eigenvalue weighted by Gasteiger charge is -2.08. The van der Waals surface area contributed by atoms with Crippen LogP contribution in [0.25, 0.3) is 0 Å². The van der Waals surface area contributed by atoms with Crippen LogP contribution in [0.15, 0.2) is 77.4 Å². The molecule has 0 spiro atoms. The first kappa shape index (κ1) is 15.2. The molecule has 114 valence electrons. The predicted molar refractivity (Wildman–Crippen MR) is 96.1 cm³/mol. The molecule has 0 saturated heterocycles. The predicted octanol–water partition coefficient (Wildman–Crippen LogP) is 4.84. The van der Waals surface area contributed by atoms with Gasteiger partial charge in [-0.3, -0.25) is 4.79 Å². The van der Waals surface area contributed by atoms with Crippen molar-refractivity contribution in [3.05, 3.63) is 83.0 Å². The summed E-state index contributed by atoms with van der Waals surface area (Å²) in [4.78, 5) is 16.5. The van der Waals surface area contributed by atoms with E-state index in [9.17, 15) is 4.79 Å². The van der Waals surface area contributed by atoms with E-state index < -0.39 is 0 Å². The Bertz CT molecular complexity index is 804. The highest BCUT2D eigenvalue weighted by atomic mass is 79.9. The number of benzene rings is 2. The van der Waals surface area contributed by atoms with E-state index in [1.165, 1.54) is 0 Å². The van der Waals surface area contributed by atoms with Gasteiger partial charge in [0.2, 0.25) is 0 Å². The third-order valence-corrected chi connectivity index (χ3v) is 3.88. The average molecular weight is 368 g/mol. The van der Waals surface area contributed by atoms with Crippen molar-refractivity contribution in [2.24, 2.45) is 0 Å². The van der Waals surface area contributed by atoms with Crippen LogP contribution in [0.1, 0.15) is 10.4 Å². The summed E-state index contributed by atoms with van der Waals surface area (Å²) < 4.78 is 0.757. The number of para-hydroxylation sites is 1. The topological polar surface area (TPSA) is 54.0 Å². The van der Waals surface area contributed by atoms with Gasteiger partial charge in [0, 0.05) is 10.2 Å². The summed E-state index contributed by atoms with van der Waals surface area (Å²) in [5, 5.41) is 6.02. The van der Waals surface area contributed by atoms with Crippen molar-refractivity contribution in [3.63, 3.8) is 0 Å². The second-order valence-corrected chi connectivity index (χ2v) is 5.71. The lowest BCUT2D eigenvalue weighted by molar-refractivity contribution is 0.102. The van der Waals surface area contributed by atoms with Gasteiger partial charge in [-0.2, -0.15) is 0 Å². The molecule has 0 aliphatic carbocycles. The second-order valence-electron chi connectivity index (χ2n) is 4.86. The van der Waals surface area contributed by atoms with Gasteiger partial charge in [0.05, 0.1) is 17.4 Å². The minimum atomic E-state index is -0.178.